The molecule has 90 valence electrons. The minimum atomic E-state index is -0.503. The lowest BCUT2D eigenvalue weighted by atomic mass is 10.1. The topological polar surface area (TPSA) is 63.5 Å². The zero-order valence-electron chi connectivity index (χ0n) is 9.06. The number of ketones is 1. The molecule has 1 aliphatic rings. The molecule has 1 aromatic rings. The molecule has 0 radical (unpaired) electrons. The number of piperidine rings is 1. The molecule has 0 unspecified atom stereocenters. The van der Waals surface area contributed by atoms with Crippen LogP contribution in [0, 0.1) is 10.1 Å². The molecular formula is C11H11ClN2O3. The smallest absolute Gasteiger partial charge is 0.310 e. The number of halogens is 1. The summed E-state index contributed by atoms with van der Waals surface area (Å²) in [5.41, 5.74) is 0.305. The van der Waals surface area contributed by atoms with E-state index in [0.29, 0.717) is 18.7 Å². The molecular weight excluding hydrogens is 244 g/mol. The number of nitro benzene ring substituents is 1. The highest BCUT2D eigenvalue weighted by Gasteiger charge is 2.26. The molecule has 0 amide bonds. The molecule has 1 aromatic carbocycles. The first-order valence-corrected chi connectivity index (χ1v) is 5.67. The summed E-state index contributed by atoms with van der Waals surface area (Å²) in [6.45, 7) is 0.869. The Hall–Kier alpha value is -1.62. The predicted molar refractivity (Wildman–Crippen MR) is 64.6 cm³/mol. The lowest BCUT2D eigenvalue weighted by Crippen LogP contribution is -2.35. The van der Waals surface area contributed by atoms with E-state index >= 15 is 0 Å². The fourth-order valence-corrected chi connectivity index (χ4v) is 2.22. The van der Waals surface area contributed by atoms with Crippen molar-refractivity contribution in [3.63, 3.8) is 0 Å². The van der Waals surface area contributed by atoms with Crippen LogP contribution in [0.5, 0.6) is 0 Å². The molecule has 5 nitrogen and oxygen atoms in total. The lowest BCUT2D eigenvalue weighted by molar-refractivity contribution is -0.384. The Balaban J connectivity index is 2.40. The quantitative estimate of drug-likeness (QED) is 0.601. The first-order valence-electron chi connectivity index (χ1n) is 5.29. The standard InChI is InChI=1S/C11H11ClN2O3/c12-9-4-1-5-10(11(9)14(16)17)13-6-2-3-8(15)7-13/h1,4-5H,2-3,6-7H2. The molecule has 0 N–H and O–H groups in total. The molecule has 0 bridgehead atoms. The number of carbonyl (C=O) groups excluding carboxylic acids is 1. The average molecular weight is 255 g/mol. The maximum atomic E-state index is 11.4. The molecule has 0 spiro atoms. The summed E-state index contributed by atoms with van der Waals surface area (Å²) in [5.74, 6) is 0.102. The van der Waals surface area contributed by atoms with Gasteiger partial charge in [0.05, 0.1) is 11.5 Å². The van der Waals surface area contributed by atoms with E-state index in [4.69, 9.17) is 11.6 Å². The van der Waals surface area contributed by atoms with Crippen LogP contribution in [0.3, 0.4) is 0 Å². The van der Waals surface area contributed by atoms with Crippen LogP contribution in [0.1, 0.15) is 12.8 Å². The van der Waals surface area contributed by atoms with Gasteiger partial charge in [0, 0.05) is 13.0 Å². The van der Waals surface area contributed by atoms with Gasteiger partial charge < -0.3 is 4.90 Å². The summed E-state index contributed by atoms with van der Waals surface area (Å²) in [6.07, 6.45) is 1.27. The van der Waals surface area contributed by atoms with Gasteiger partial charge in [-0.3, -0.25) is 14.9 Å². The normalized spacial score (nSPS) is 16.1. The molecule has 1 heterocycles. The number of rotatable bonds is 2. The first-order chi connectivity index (χ1) is 8.09. The number of para-hydroxylation sites is 1. The fourth-order valence-electron chi connectivity index (χ4n) is 1.98. The third-order valence-electron chi connectivity index (χ3n) is 2.74. The summed E-state index contributed by atoms with van der Waals surface area (Å²) in [4.78, 5) is 23.6. The molecule has 1 aliphatic heterocycles. The average Bonchev–Trinajstić information content (AvgIpc) is 2.28. The van der Waals surface area contributed by atoms with Crippen molar-refractivity contribution in [3.05, 3.63) is 33.3 Å². The van der Waals surface area contributed by atoms with Crippen molar-refractivity contribution in [1.82, 2.24) is 0 Å². The van der Waals surface area contributed by atoms with E-state index in [1.165, 1.54) is 6.07 Å². The van der Waals surface area contributed by atoms with E-state index in [1.54, 1.807) is 17.0 Å². The van der Waals surface area contributed by atoms with E-state index in [0.717, 1.165) is 6.42 Å². The number of hydrogen-bond donors (Lipinski definition) is 0. The van der Waals surface area contributed by atoms with Crippen LogP contribution in [-0.4, -0.2) is 23.8 Å². The molecule has 6 heteroatoms. The molecule has 0 aliphatic carbocycles. The molecule has 2 rings (SSSR count). The van der Waals surface area contributed by atoms with Gasteiger partial charge in [-0.2, -0.15) is 0 Å². The van der Waals surface area contributed by atoms with Gasteiger partial charge in [0.15, 0.2) is 5.78 Å². The van der Waals surface area contributed by atoms with Crippen molar-refractivity contribution in [3.8, 4) is 0 Å². The van der Waals surface area contributed by atoms with Crippen LogP contribution in [0.15, 0.2) is 18.2 Å². The van der Waals surface area contributed by atoms with Gasteiger partial charge >= 0.3 is 5.69 Å². The number of benzene rings is 1. The van der Waals surface area contributed by atoms with Gasteiger partial charge in [-0.25, -0.2) is 0 Å². The van der Waals surface area contributed by atoms with Crippen molar-refractivity contribution < 1.29 is 9.72 Å². The minimum Gasteiger partial charge on any atom is -0.359 e. The Morgan fingerprint density at radius 3 is 2.82 bits per heavy atom. The van der Waals surface area contributed by atoms with Gasteiger partial charge in [0.1, 0.15) is 10.7 Å². The van der Waals surface area contributed by atoms with Crippen molar-refractivity contribution in [2.24, 2.45) is 0 Å². The number of anilines is 1. The molecule has 1 fully saturated rings. The summed E-state index contributed by atoms with van der Waals surface area (Å²) in [5, 5.41) is 11.1. The highest BCUT2D eigenvalue weighted by atomic mass is 35.5. The number of carbonyl (C=O) groups is 1. The van der Waals surface area contributed by atoms with E-state index in [2.05, 4.69) is 0 Å². The second-order valence-corrected chi connectivity index (χ2v) is 4.34. The van der Waals surface area contributed by atoms with Gasteiger partial charge in [-0.05, 0) is 18.6 Å². The maximum Gasteiger partial charge on any atom is 0.310 e. The highest BCUT2D eigenvalue weighted by molar-refractivity contribution is 6.33. The monoisotopic (exact) mass is 254 g/mol. The SMILES string of the molecule is O=C1CCCN(c2cccc(Cl)c2[N+](=O)[O-])C1. The Kier molecular flexibility index (Phi) is 3.28. The molecule has 0 atom stereocenters. The van der Waals surface area contributed by atoms with Crippen molar-refractivity contribution in [2.75, 3.05) is 18.0 Å². The molecule has 0 saturated carbocycles. The van der Waals surface area contributed by atoms with Crippen LogP contribution in [0.4, 0.5) is 11.4 Å². The Labute approximate surface area is 103 Å². The lowest BCUT2D eigenvalue weighted by Gasteiger charge is -2.27. The Bertz CT molecular complexity index is 476. The van der Waals surface area contributed by atoms with Crippen LogP contribution in [0.25, 0.3) is 0 Å². The summed E-state index contributed by atoms with van der Waals surface area (Å²) >= 11 is 5.83. The second-order valence-electron chi connectivity index (χ2n) is 3.93. The summed E-state index contributed by atoms with van der Waals surface area (Å²) in [7, 11) is 0. The van der Waals surface area contributed by atoms with E-state index < -0.39 is 4.92 Å². The van der Waals surface area contributed by atoms with E-state index in [-0.39, 0.29) is 23.0 Å². The second kappa shape index (κ2) is 4.71. The summed E-state index contributed by atoms with van der Waals surface area (Å²) in [6, 6.07) is 4.77. The van der Waals surface area contributed by atoms with Crippen molar-refractivity contribution >= 4 is 28.8 Å². The third kappa shape index (κ3) is 2.39. The number of nitro groups is 1. The minimum absolute atomic E-state index is 0.102. The summed E-state index contributed by atoms with van der Waals surface area (Å²) < 4.78 is 0. The Morgan fingerprint density at radius 2 is 2.18 bits per heavy atom. The molecule has 17 heavy (non-hydrogen) atoms. The van der Waals surface area contributed by atoms with Crippen molar-refractivity contribution in [2.45, 2.75) is 12.8 Å². The number of hydrogen-bond acceptors (Lipinski definition) is 4. The fraction of sp³-hybridized carbons (Fsp3) is 0.364. The number of Topliss-reactive ketones (excluding diaryl/α,β-unsaturated/α-hetero) is 1. The van der Waals surface area contributed by atoms with Gasteiger partial charge in [0.2, 0.25) is 0 Å². The number of nitrogens with zero attached hydrogens (tertiary/aromatic N) is 2. The predicted octanol–water partition coefficient (Wildman–Crippen LogP) is 2.42. The van der Waals surface area contributed by atoms with E-state index in [1.807, 2.05) is 0 Å². The zero-order chi connectivity index (χ0) is 12.4. The zero-order valence-corrected chi connectivity index (χ0v) is 9.81. The third-order valence-corrected chi connectivity index (χ3v) is 3.04. The van der Waals surface area contributed by atoms with Gasteiger partial charge in [-0.15, -0.1) is 0 Å². The maximum absolute atomic E-state index is 11.4. The molecule has 1 saturated heterocycles. The van der Waals surface area contributed by atoms with Crippen LogP contribution < -0.4 is 4.90 Å². The van der Waals surface area contributed by atoms with Crippen LogP contribution >= 0.6 is 11.6 Å². The first kappa shape index (κ1) is 11.9. The highest BCUT2D eigenvalue weighted by Crippen LogP contribution is 2.35. The molecule has 0 aromatic heterocycles. The van der Waals surface area contributed by atoms with Crippen LogP contribution in [0.2, 0.25) is 5.02 Å². The Morgan fingerprint density at radius 1 is 1.41 bits per heavy atom. The van der Waals surface area contributed by atoms with E-state index in [9.17, 15) is 14.9 Å². The van der Waals surface area contributed by atoms with Gasteiger partial charge in [0.25, 0.3) is 0 Å². The largest absolute Gasteiger partial charge is 0.359 e. The van der Waals surface area contributed by atoms with Crippen LogP contribution in [-0.2, 0) is 4.79 Å². The van der Waals surface area contributed by atoms with Gasteiger partial charge in [-0.1, -0.05) is 17.7 Å². The van der Waals surface area contributed by atoms with Crippen molar-refractivity contribution in [1.29, 1.82) is 0 Å².